The monoisotopic (exact) mass is 374 g/mol. The van der Waals surface area contributed by atoms with Gasteiger partial charge in [0.2, 0.25) is 0 Å². The van der Waals surface area contributed by atoms with Gasteiger partial charge in [-0.25, -0.2) is 22.0 Å². The van der Waals surface area contributed by atoms with Crippen molar-refractivity contribution in [2.45, 2.75) is 50.4 Å². The molecule has 2 rings (SSSR count). The van der Waals surface area contributed by atoms with Crippen LogP contribution >= 0.6 is 0 Å². The Bertz CT molecular complexity index is 704. The molecule has 0 aromatic heterocycles. The van der Waals surface area contributed by atoms with Crippen LogP contribution in [0, 0.1) is 11.6 Å². The van der Waals surface area contributed by atoms with Crippen molar-refractivity contribution in [3.8, 4) is 0 Å². The smallest absolute Gasteiger partial charge is 0.317 e. The molecule has 2 atom stereocenters. The zero-order valence-corrected chi connectivity index (χ0v) is 15.3. The molecule has 0 radical (unpaired) electrons. The van der Waals surface area contributed by atoms with E-state index in [0.717, 1.165) is 25.0 Å². The van der Waals surface area contributed by atoms with E-state index in [1.807, 2.05) is 0 Å². The summed E-state index contributed by atoms with van der Waals surface area (Å²) in [5, 5.41) is 2.13. The first-order valence-corrected chi connectivity index (χ1v) is 10.4. The molecule has 1 fully saturated rings. The molecule has 0 unspecified atom stereocenters. The minimum atomic E-state index is -3.28. The average Bonchev–Trinajstić information content (AvgIpc) is 2.54. The number of sulfone groups is 1. The lowest BCUT2D eigenvalue weighted by Gasteiger charge is -2.33. The van der Waals surface area contributed by atoms with Gasteiger partial charge in [0.15, 0.2) is 9.84 Å². The predicted octanol–water partition coefficient (Wildman–Crippen LogP) is 2.85. The summed E-state index contributed by atoms with van der Waals surface area (Å²) in [5.74, 6) is -1.42. The van der Waals surface area contributed by atoms with E-state index in [0.29, 0.717) is 12.8 Å². The summed E-state index contributed by atoms with van der Waals surface area (Å²) in [6.07, 6.45) is 3.91. The van der Waals surface area contributed by atoms with Crippen LogP contribution in [0.5, 0.6) is 0 Å². The van der Waals surface area contributed by atoms with Gasteiger partial charge in [0.05, 0.1) is 11.8 Å². The Morgan fingerprint density at radius 3 is 2.40 bits per heavy atom. The molecule has 1 aromatic carbocycles. The average molecular weight is 374 g/mol. The molecule has 2 amide bonds. The van der Waals surface area contributed by atoms with E-state index in [1.54, 1.807) is 6.92 Å². The summed E-state index contributed by atoms with van der Waals surface area (Å²) < 4.78 is 51.5. The fourth-order valence-electron chi connectivity index (χ4n) is 3.23. The lowest BCUT2D eigenvalue weighted by atomic mass is 9.95. The van der Waals surface area contributed by atoms with Gasteiger partial charge in [0.1, 0.15) is 11.6 Å². The standard InChI is InChI=1S/C17H24F2N2O3S/c1-3-21(11-12-13(18)7-6-8-14(12)19)17(22)20-15-9-4-5-10-16(15)25(2,23)24/h6-8,15-16H,3-5,9-11H2,1-2H3,(H,20,22)/t15-,16-/m1/s1. The second kappa shape index (κ2) is 8.12. The van der Waals surface area contributed by atoms with Crippen molar-refractivity contribution in [3.63, 3.8) is 0 Å². The van der Waals surface area contributed by atoms with Gasteiger partial charge in [0, 0.05) is 24.4 Å². The zero-order valence-electron chi connectivity index (χ0n) is 14.5. The van der Waals surface area contributed by atoms with Gasteiger partial charge < -0.3 is 10.2 Å². The van der Waals surface area contributed by atoms with Crippen LogP contribution in [0.25, 0.3) is 0 Å². The minimum absolute atomic E-state index is 0.178. The number of hydrogen-bond acceptors (Lipinski definition) is 3. The number of amides is 2. The molecule has 1 saturated carbocycles. The highest BCUT2D eigenvalue weighted by Gasteiger charge is 2.34. The molecule has 140 valence electrons. The lowest BCUT2D eigenvalue weighted by molar-refractivity contribution is 0.189. The third kappa shape index (κ3) is 4.90. The molecular weight excluding hydrogens is 350 g/mol. The summed E-state index contributed by atoms with van der Waals surface area (Å²) in [4.78, 5) is 13.8. The number of halogens is 2. The Morgan fingerprint density at radius 2 is 1.84 bits per heavy atom. The van der Waals surface area contributed by atoms with E-state index >= 15 is 0 Å². The third-order valence-electron chi connectivity index (χ3n) is 4.64. The minimum Gasteiger partial charge on any atom is -0.334 e. The number of nitrogens with zero attached hydrogens (tertiary/aromatic N) is 1. The Morgan fingerprint density at radius 1 is 1.24 bits per heavy atom. The molecule has 0 aliphatic heterocycles. The normalized spacial score (nSPS) is 21.0. The van der Waals surface area contributed by atoms with Gasteiger partial charge in [-0.05, 0) is 31.9 Å². The maximum absolute atomic E-state index is 13.8. The zero-order chi connectivity index (χ0) is 18.6. The summed E-state index contributed by atoms with van der Waals surface area (Å²) >= 11 is 0. The Labute approximate surface area is 147 Å². The third-order valence-corrected chi connectivity index (χ3v) is 6.31. The van der Waals surface area contributed by atoms with Gasteiger partial charge in [0.25, 0.3) is 0 Å². The predicted molar refractivity (Wildman–Crippen MR) is 91.9 cm³/mol. The quantitative estimate of drug-likeness (QED) is 0.862. The maximum Gasteiger partial charge on any atom is 0.317 e. The first-order chi connectivity index (χ1) is 11.7. The van der Waals surface area contributed by atoms with Crippen molar-refractivity contribution >= 4 is 15.9 Å². The van der Waals surface area contributed by atoms with Crippen LogP contribution < -0.4 is 5.32 Å². The number of urea groups is 1. The molecule has 25 heavy (non-hydrogen) atoms. The summed E-state index contributed by atoms with van der Waals surface area (Å²) in [5.41, 5.74) is -0.178. The summed E-state index contributed by atoms with van der Waals surface area (Å²) in [7, 11) is -3.28. The van der Waals surface area contributed by atoms with Gasteiger partial charge in [-0.2, -0.15) is 0 Å². The number of carbonyl (C=O) groups is 1. The van der Waals surface area contributed by atoms with Crippen LogP contribution in [-0.2, 0) is 16.4 Å². The Kier molecular flexibility index (Phi) is 6.37. The largest absolute Gasteiger partial charge is 0.334 e. The van der Waals surface area contributed by atoms with Gasteiger partial charge in [-0.1, -0.05) is 18.9 Å². The SMILES string of the molecule is CCN(Cc1c(F)cccc1F)C(=O)N[C@@H]1CCCC[C@H]1S(C)(=O)=O. The van der Waals surface area contributed by atoms with Crippen LogP contribution in [-0.4, -0.2) is 43.4 Å². The summed E-state index contributed by atoms with van der Waals surface area (Å²) in [6.45, 7) is 1.74. The molecule has 1 aliphatic carbocycles. The fraction of sp³-hybridized carbons (Fsp3) is 0.588. The highest BCUT2D eigenvalue weighted by molar-refractivity contribution is 7.91. The molecule has 5 nitrogen and oxygen atoms in total. The topological polar surface area (TPSA) is 66.5 Å². The van der Waals surface area contributed by atoms with Crippen molar-refractivity contribution in [2.75, 3.05) is 12.8 Å². The molecule has 1 aliphatic rings. The molecule has 1 N–H and O–H groups in total. The molecule has 0 spiro atoms. The van der Waals surface area contributed by atoms with Crippen molar-refractivity contribution in [2.24, 2.45) is 0 Å². The number of nitrogens with one attached hydrogen (secondary N) is 1. The van der Waals surface area contributed by atoms with Crippen molar-refractivity contribution in [1.29, 1.82) is 0 Å². The van der Waals surface area contributed by atoms with Crippen LogP contribution in [0.4, 0.5) is 13.6 Å². The van der Waals surface area contributed by atoms with Gasteiger partial charge in [-0.15, -0.1) is 0 Å². The molecule has 1 aromatic rings. The highest BCUT2D eigenvalue weighted by atomic mass is 32.2. The highest BCUT2D eigenvalue weighted by Crippen LogP contribution is 2.24. The first kappa shape index (κ1) is 19.6. The maximum atomic E-state index is 13.8. The Hall–Kier alpha value is -1.70. The first-order valence-electron chi connectivity index (χ1n) is 8.41. The molecule has 8 heteroatoms. The van der Waals surface area contributed by atoms with E-state index in [2.05, 4.69) is 5.32 Å². The van der Waals surface area contributed by atoms with E-state index in [4.69, 9.17) is 0 Å². The van der Waals surface area contributed by atoms with Gasteiger partial charge >= 0.3 is 6.03 Å². The van der Waals surface area contributed by atoms with Gasteiger partial charge in [-0.3, -0.25) is 0 Å². The fourth-order valence-corrected chi connectivity index (χ4v) is 4.62. The number of carbonyl (C=O) groups excluding carboxylic acids is 1. The van der Waals surface area contributed by atoms with Crippen molar-refractivity contribution in [1.82, 2.24) is 10.2 Å². The molecule has 0 saturated heterocycles. The Balaban J connectivity index is 2.11. The molecule has 0 bridgehead atoms. The van der Waals surface area contributed by atoms with Crippen molar-refractivity contribution < 1.29 is 22.0 Å². The second-order valence-corrected chi connectivity index (χ2v) is 8.69. The number of benzene rings is 1. The van der Waals surface area contributed by atoms with Crippen LogP contribution in [0.2, 0.25) is 0 Å². The molecular formula is C17H24F2N2O3S. The summed E-state index contributed by atoms with van der Waals surface area (Å²) in [6, 6.07) is 2.57. The van der Waals surface area contributed by atoms with E-state index in [9.17, 15) is 22.0 Å². The van der Waals surface area contributed by atoms with E-state index in [-0.39, 0.29) is 18.7 Å². The second-order valence-electron chi connectivity index (χ2n) is 6.42. The lowest BCUT2D eigenvalue weighted by Crippen LogP contribution is -2.52. The van der Waals surface area contributed by atoms with Crippen molar-refractivity contribution in [3.05, 3.63) is 35.4 Å². The van der Waals surface area contributed by atoms with Crippen LogP contribution in [0.3, 0.4) is 0 Å². The molecule has 0 heterocycles. The van der Waals surface area contributed by atoms with Crippen LogP contribution in [0.15, 0.2) is 18.2 Å². The number of rotatable bonds is 5. The van der Waals surface area contributed by atoms with Crippen LogP contribution in [0.1, 0.15) is 38.2 Å². The number of hydrogen-bond donors (Lipinski definition) is 1. The van der Waals surface area contributed by atoms with E-state index < -0.39 is 38.8 Å². The van der Waals surface area contributed by atoms with E-state index in [1.165, 1.54) is 17.2 Å².